The van der Waals surface area contributed by atoms with Crippen molar-refractivity contribution in [3.8, 4) is 0 Å². The van der Waals surface area contributed by atoms with Crippen LogP contribution in [0, 0.1) is 5.92 Å². The standard InChI is InChI=1S/C13H21N3O4S2.ClH/c14-9-13(10-4-1-2-5-10)16-22(19,20)12-7-3-6-11(8-12)21(15,17)18;/h3,6-8,10,13,16H,1-2,4-5,9,14H2,(H2,15,17,18);1H. The number of benzene rings is 1. The molecule has 0 aliphatic heterocycles. The van der Waals surface area contributed by atoms with Gasteiger partial charge in [-0.15, -0.1) is 12.4 Å². The Hall–Kier alpha value is -0.710. The molecule has 1 aromatic rings. The SMILES string of the molecule is Cl.NCC(NS(=O)(=O)c1cccc(S(N)(=O)=O)c1)C1CCCC1. The van der Waals surface area contributed by atoms with Gasteiger partial charge < -0.3 is 5.73 Å². The lowest BCUT2D eigenvalue weighted by Gasteiger charge is -2.23. The van der Waals surface area contributed by atoms with Crippen LogP contribution in [0.25, 0.3) is 0 Å². The maximum absolute atomic E-state index is 12.4. The van der Waals surface area contributed by atoms with E-state index < -0.39 is 20.0 Å². The number of hydrogen-bond donors (Lipinski definition) is 3. The van der Waals surface area contributed by atoms with Crippen molar-refractivity contribution < 1.29 is 16.8 Å². The van der Waals surface area contributed by atoms with Gasteiger partial charge in [0.1, 0.15) is 0 Å². The summed E-state index contributed by atoms with van der Waals surface area (Å²) in [6.45, 7) is 0.207. The molecule has 10 heteroatoms. The van der Waals surface area contributed by atoms with Gasteiger partial charge in [-0.2, -0.15) is 0 Å². The molecular formula is C13H22ClN3O4S2. The van der Waals surface area contributed by atoms with E-state index in [9.17, 15) is 16.8 Å². The molecule has 1 unspecified atom stereocenters. The summed E-state index contributed by atoms with van der Waals surface area (Å²) in [7, 11) is -7.79. The fourth-order valence-electron chi connectivity index (χ4n) is 2.78. The van der Waals surface area contributed by atoms with Crippen LogP contribution in [0.2, 0.25) is 0 Å². The Kier molecular flexibility index (Phi) is 6.99. The van der Waals surface area contributed by atoms with Gasteiger partial charge >= 0.3 is 0 Å². The molecule has 2 rings (SSSR count). The van der Waals surface area contributed by atoms with E-state index in [4.69, 9.17) is 10.9 Å². The Balaban J connectivity index is 0.00000264. The van der Waals surface area contributed by atoms with E-state index in [1.54, 1.807) is 0 Å². The van der Waals surface area contributed by atoms with Crippen molar-refractivity contribution in [2.24, 2.45) is 16.8 Å². The lowest BCUT2D eigenvalue weighted by Crippen LogP contribution is -2.44. The van der Waals surface area contributed by atoms with Crippen LogP contribution in [0.1, 0.15) is 25.7 Å². The first kappa shape index (κ1) is 20.3. The first-order valence-corrected chi connectivity index (χ1v) is 10.1. The highest BCUT2D eigenvalue weighted by Gasteiger charge is 2.28. The molecule has 1 saturated carbocycles. The van der Waals surface area contributed by atoms with Crippen molar-refractivity contribution in [3.63, 3.8) is 0 Å². The minimum Gasteiger partial charge on any atom is -0.329 e. The summed E-state index contributed by atoms with van der Waals surface area (Å²) in [5.41, 5.74) is 5.69. The fourth-order valence-corrected chi connectivity index (χ4v) is 4.78. The van der Waals surface area contributed by atoms with E-state index in [0.717, 1.165) is 31.7 Å². The van der Waals surface area contributed by atoms with Crippen LogP contribution in [0.15, 0.2) is 34.1 Å². The van der Waals surface area contributed by atoms with Gasteiger partial charge in [0.2, 0.25) is 20.0 Å². The molecule has 0 aromatic heterocycles. The number of hydrogen-bond acceptors (Lipinski definition) is 5. The summed E-state index contributed by atoms with van der Waals surface area (Å²) in [4.78, 5) is -0.365. The van der Waals surface area contributed by atoms with Gasteiger partial charge in [-0.3, -0.25) is 0 Å². The van der Waals surface area contributed by atoms with Crippen LogP contribution in [0.3, 0.4) is 0 Å². The summed E-state index contributed by atoms with van der Waals surface area (Å²) in [5.74, 6) is 0.223. The van der Waals surface area contributed by atoms with E-state index >= 15 is 0 Å². The predicted octanol–water partition coefficient (Wildman–Crippen LogP) is 0.552. The van der Waals surface area contributed by atoms with Crippen LogP contribution in [-0.2, 0) is 20.0 Å². The zero-order valence-corrected chi connectivity index (χ0v) is 15.0. The number of halogens is 1. The van der Waals surface area contributed by atoms with E-state index in [2.05, 4.69) is 4.72 Å². The monoisotopic (exact) mass is 383 g/mol. The van der Waals surface area contributed by atoms with Crippen LogP contribution in [0.5, 0.6) is 0 Å². The zero-order valence-electron chi connectivity index (χ0n) is 12.5. The van der Waals surface area contributed by atoms with E-state index in [1.165, 1.54) is 18.2 Å². The van der Waals surface area contributed by atoms with Crippen molar-refractivity contribution in [1.29, 1.82) is 0 Å². The lowest BCUT2D eigenvalue weighted by molar-refractivity contribution is 0.405. The van der Waals surface area contributed by atoms with Crippen molar-refractivity contribution in [2.75, 3.05) is 6.54 Å². The number of rotatable bonds is 6. The van der Waals surface area contributed by atoms with Gasteiger partial charge in [0.25, 0.3) is 0 Å². The molecule has 23 heavy (non-hydrogen) atoms. The van der Waals surface area contributed by atoms with Gasteiger partial charge in [0, 0.05) is 12.6 Å². The molecule has 0 radical (unpaired) electrons. The minimum absolute atomic E-state index is 0. The van der Waals surface area contributed by atoms with Crippen LogP contribution < -0.4 is 15.6 Å². The first-order chi connectivity index (χ1) is 10.2. The van der Waals surface area contributed by atoms with Crippen molar-refractivity contribution in [2.45, 2.75) is 41.5 Å². The second-order valence-electron chi connectivity index (χ2n) is 5.53. The number of nitrogens with two attached hydrogens (primary N) is 2. The molecule has 1 atom stereocenters. The molecule has 1 aliphatic carbocycles. The summed E-state index contributed by atoms with van der Waals surface area (Å²) >= 11 is 0. The van der Waals surface area contributed by atoms with Crippen molar-refractivity contribution in [3.05, 3.63) is 24.3 Å². The van der Waals surface area contributed by atoms with Gasteiger partial charge in [-0.25, -0.2) is 26.7 Å². The average Bonchev–Trinajstić information content (AvgIpc) is 2.98. The molecule has 5 N–H and O–H groups in total. The van der Waals surface area contributed by atoms with E-state index in [0.29, 0.717) is 0 Å². The highest BCUT2D eigenvalue weighted by Crippen LogP contribution is 2.28. The van der Waals surface area contributed by atoms with Gasteiger partial charge in [0.05, 0.1) is 9.79 Å². The molecule has 0 saturated heterocycles. The Labute approximate surface area is 143 Å². The Morgan fingerprint density at radius 3 is 2.22 bits per heavy atom. The largest absolute Gasteiger partial charge is 0.329 e. The second kappa shape index (κ2) is 7.91. The summed E-state index contributed by atoms with van der Waals surface area (Å²) in [6.07, 6.45) is 4.04. The topological polar surface area (TPSA) is 132 Å². The van der Waals surface area contributed by atoms with Crippen molar-refractivity contribution >= 4 is 32.5 Å². The Bertz CT molecular complexity index is 731. The van der Waals surface area contributed by atoms with Gasteiger partial charge in [-0.05, 0) is 37.0 Å². The maximum Gasteiger partial charge on any atom is 0.240 e. The quantitative estimate of drug-likeness (QED) is 0.659. The molecule has 1 fully saturated rings. The number of sulfonamides is 2. The molecule has 0 spiro atoms. The van der Waals surface area contributed by atoms with Crippen LogP contribution in [-0.4, -0.2) is 29.4 Å². The number of primary sulfonamides is 1. The van der Waals surface area contributed by atoms with Gasteiger partial charge in [0.15, 0.2) is 0 Å². The zero-order chi connectivity index (χ0) is 16.4. The van der Waals surface area contributed by atoms with Gasteiger partial charge in [-0.1, -0.05) is 18.9 Å². The maximum atomic E-state index is 12.4. The normalized spacial score (nSPS) is 17.7. The highest BCUT2D eigenvalue weighted by atomic mass is 35.5. The summed E-state index contributed by atoms with van der Waals surface area (Å²) < 4.78 is 50.1. The average molecular weight is 384 g/mol. The Morgan fingerprint density at radius 2 is 1.70 bits per heavy atom. The minimum atomic E-state index is -3.95. The van der Waals surface area contributed by atoms with E-state index in [-0.39, 0.29) is 40.7 Å². The molecular weight excluding hydrogens is 362 g/mol. The summed E-state index contributed by atoms with van der Waals surface area (Å²) in [6, 6.07) is 4.65. The fraction of sp³-hybridized carbons (Fsp3) is 0.538. The van der Waals surface area contributed by atoms with Crippen molar-refractivity contribution in [1.82, 2.24) is 4.72 Å². The second-order valence-corrected chi connectivity index (χ2v) is 8.80. The summed E-state index contributed by atoms with van der Waals surface area (Å²) in [5, 5.41) is 5.03. The Morgan fingerprint density at radius 1 is 1.13 bits per heavy atom. The third kappa shape index (κ3) is 5.13. The molecule has 1 aliphatic rings. The third-order valence-electron chi connectivity index (χ3n) is 3.97. The third-order valence-corrected chi connectivity index (χ3v) is 6.37. The molecule has 1 aromatic carbocycles. The highest BCUT2D eigenvalue weighted by molar-refractivity contribution is 7.90. The predicted molar refractivity (Wildman–Crippen MR) is 90.2 cm³/mol. The molecule has 0 heterocycles. The molecule has 0 bridgehead atoms. The van der Waals surface area contributed by atoms with Crippen LogP contribution in [0.4, 0.5) is 0 Å². The molecule has 0 amide bonds. The first-order valence-electron chi connectivity index (χ1n) is 7.09. The number of nitrogens with one attached hydrogen (secondary N) is 1. The smallest absolute Gasteiger partial charge is 0.240 e. The van der Waals surface area contributed by atoms with Crippen LogP contribution >= 0.6 is 12.4 Å². The molecule has 7 nitrogen and oxygen atoms in total. The lowest BCUT2D eigenvalue weighted by atomic mass is 9.99. The molecule has 132 valence electrons. The van der Waals surface area contributed by atoms with E-state index in [1.807, 2.05) is 0 Å².